The van der Waals surface area contributed by atoms with Crippen LogP contribution in [-0.2, 0) is 0 Å². The molecule has 0 spiro atoms. The maximum atomic E-state index is 13.0. The smallest absolute Gasteiger partial charge is 0.288 e. The summed E-state index contributed by atoms with van der Waals surface area (Å²) in [6, 6.07) is 11.9. The first-order chi connectivity index (χ1) is 11.9. The van der Waals surface area contributed by atoms with Gasteiger partial charge in [-0.3, -0.25) is 14.9 Å². The Morgan fingerprint density at radius 2 is 2.04 bits per heavy atom. The molecule has 1 N–H and O–H groups in total. The molecule has 130 valence electrons. The summed E-state index contributed by atoms with van der Waals surface area (Å²) in [6.45, 7) is 3.96. The number of nitrogens with one attached hydrogen (secondary N) is 1. The summed E-state index contributed by atoms with van der Waals surface area (Å²) in [5.74, 6) is -0.0914. The topological polar surface area (TPSA) is 75.5 Å². The quantitative estimate of drug-likeness (QED) is 0.638. The van der Waals surface area contributed by atoms with Crippen molar-refractivity contribution in [1.29, 1.82) is 0 Å². The standard InChI is InChI=1S/C18H18ClN3O3/c1-3-11(2)21-17(12-8-9-14(19)16(10-12)22(24)25)20-15-7-5-4-6-13(15)18(21)23/h4-11,17,20H,3H2,1-2H3/t11-,17-/m1/s1. The highest BCUT2D eigenvalue weighted by atomic mass is 35.5. The summed E-state index contributed by atoms with van der Waals surface area (Å²) in [5, 5.41) is 14.6. The van der Waals surface area contributed by atoms with Crippen LogP contribution in [-0.4, -0.2) is 21.8 Å². The number of halogens is 1. The van der Waals surface area contributed by atoms with Gasteiger partial charge in [0.2, 0.25) is 0 Å². The predicted molar refractivity (Wildman–Crippen MR) is 96.8 cm³/mol. The lowest BCUT2D eigenvalue weighted by atomic mass is 10.0. The molecule has 2 atom stereocenters. The number of rotatable bonds is 4. The van der Waals surface area contributed by atoms with Crippen LogP contribution in [0.2, 0.25) is 5.02 Å². The number of nitro benzene ring substituents is 1. The van der Waals surface area contributed by atoms with E-state index in [0.717, 1.165) is 12.1 Å². The molecule has 2 aromatic carbocycles. The molecule has 0 aliphatic carbocycles. The minimum absolute atomic E-state index is 0.0342. The van der Waals surface area contributed by atoms with Crippen molar-refractivity contribution in [2.45, 2.75) is 32.5 Å². The van der Waals surface area contributed by atoms with Crippen molar-refractivity contribution >= 4 is 28.9 Å². The van der Waals surface area contributed by atoms with E-state index in [4.69, 9.17) is 11.6 Å². The summed E-state index contributed by atoms with van der Waals surface area (Å²) in [4.78, 5) is 25.4. The Morgan fingerprint density at radius 1 is 1.32 bits per heavy atom. The molecule has 0 saturated carbocycles. The number of hydrogen-bond acceptors (Lipinski definition) is 4. The van der Waals surface area contributed by atoms with Crippen molar-refractivity contribution in [3.63, 3.8) is 0 Å². The zero-order valence-electron chi connectivity index (χ0n) is 13.9. The Bertz CT molecular complexity index is 840. The molecule has 3 rings (SSSR count). The number of nitrogens with zero attached hydrogens (tertiary/aromatic N) is 2. The van der Waals surface area contributed by atoms with Crippen LogP contribution in [0.25, 0.3) is 0 Å². The van der Waals surface area contributed by atoms with E-state index >= 15 is 0 Å². The second kappa shape index (κ2) is 6.72. The van der Waals surface area contributed by atoms with Crippen molar-refractivity contribution in [3.8, 4) is 0 Å². The first kappa shape index (κ1) is 17.2. The van der Waals surface area contributed by atoms with Crippen LogP contribution in [0.4, 0.5) is 11.4 Å². The van der Waals surface area contributed by atoms with Crippen LogP contribution in [0.5, 0.6) is 0 Å². The van der Waals surface area contributed by atoms with E-state index in [2.05, 4.69) is 5.32 Å². The van der Waals surface area contributed by atoms with Crippen LogP contribution in [0.3, 0.4) is 0 Å². The van der Waals surface area contributed by atoms with Gasteiger partial charge in [0.15, 0.2) is 0 Å². The third kappa shape index (κ3) is 3.05. The fourth-order valence-corrected chi connectivity index (χ4v) is 3.19. The van der Waals surface area contributed by atoms with Gasteiger partial charge in [-0.05, 0) is 31.5 Å². The van der Waals surface area contributed by atoms with Gasteiger partial charge in [0.05, 0.1) is 10.5 Å². The number of anilines is 1. The summed E-state index contributed by atoms with van der Waals surface area (Å²) < 4.78 is 0. The van der Waals surface area contributed by atoms with Crippen molar-refractivity contribution in [2.75, 3.05) is 5.32 Å². The Morgan fingerprint density at radius 3 is 2.72 bits per heavy atom. The van der Waals surface area contributed by atoms with Crippen LogP contribution in [0.1, 0.15) is 42.4 Å². The molecule has 6 nitrogen and oxygen atoms in total. The lowest BCUT2D eigenvalue weighted by molar-refractivity contribution is -0.384. The highest BCUT2D eigenvalue weighted by Crippen LogP contribution is 2.37. The minimum Gasteiger partial charge on any atom is -0.361 e. The van der Waals surface area contributed by atoms with E-state index < -0.39 is 11.1 Å². The normalized spacial score (nSPS) is 17.6. The molecule has 0 aromatic heterocycles. The Labute approximate surface area is 150 Å². The van der Waals surface area contributed by atoms with Gasteiger partial charge in [0, 0.05) is 23.4 Å². The largest absolute Gasteiger partial charge is 0.361 e. The van der Waals surface area contributed by atoms with Gasteiger partial charge in [-0.25, -0.2) is 0 Å². The molecule has 1 aliphatic heterocycles. The van der Waals surface area contributed by atoms with E-state index in [1.54, 1.807) is 17.0 Å². The lowest BCUT2D eigenvalue weighted by Crippen LogP contribution is -2.47. The van der Waals surface area contributed by atoms with Crippen LogP contribution < -0.4 is 5.32 Å². The highest BCUT2D eigenvalue weighted by Gasteiger charge is 2.36. The fourth-order valence-electron chi connectivity index (χ4n) is 3.00. The molecule has 0 fully saturated rings. The molecule has 1 amide bonds. The Hall–Kier alpha value is -2.60. The molecule has 25 heavy (non-hydrogen) atoms. The van der Waals surface area contributed by atoms with Crippen molar-refractivity contribution < 1.29 is 9.72 Å². The number of amides is 1. The fraction of sp³-hybridized carbons (Fsp3) is 0.278. The zero-order chi connectivity index (χ0) is 18.1. The van der Waals surface area contributed by atoms with Gasteiger partial charge in [-0.1, -0.05) is 36.7 Å². The molecule has 1 heterocycles. The van der Waals surface area contributed by atoms with Gasteiger partial charge in [0.25, 0.3) is 11.6 Å². The monoisotopic (exact) mass is 359 g/mol. The number of benzene rings is 2. The van der Waals surface area contributed by atoms with Gasteiger partial charge in [-0.15, -0.1) is 0 Å². The summed E-state index contributed by atoms with van der Waals surface area (Å²) in [6.07, 6.45) is 0.273. The van der Waals surface area contributed by atoms with Gasteiger partial charge >= 0.3 is 0 Å². The first-order valence-electron chi connectivity index (χ1n) is 8.06. The van der Waals surface area contributed by atoms with E-state index in [1.165, 1.54) is 12.1 Å². The van der Waals surface area contributed by atoms with Crippen LogP contribution in [0.15, 0.2) is 42.5 Å². The maximum Gasteiger partial charge on any atom is 0.288 e. The molecule has 0 radical (unpaired) electrons. The Kier molecular flexibility index (Phi) is 4.63. The molecule has 2 aromatic rings. The molecule has 0 unspecified atom stereocenters. The van der Waals surface area contributed by atoms with E-state index in [0.29, 0.717) is 11.1 Å². The summed E-state index contributed by atoms with van der Waals surface area (Å²) in [7, 11) is 0. The molecule has 1 aliphatic rings. The van der Waals surface area contributed by atoms with Crippen LogP contribution in [0, 0.1) is 10.1 Å². The number of hydrogen-bond donors (Lipinski definition) is 1. The van der Waals surface area contributed by atoms with E-state index in [1.807, 2.05) is 32.0 Å². The lowest BCUT2D eigenvalue weighted by Gasteiger charge is -2.41. The van der Waals surface area contributed by atoms with Crippen LogP contribution >= 0.6 is 11.6 Å². The van der Waals surface area contributed by atoms with E-state index in [-0.39, 0.29) is 22.7 Å². The molecule has 0 bridgehead atoms. The number of nitro groups is 1. The third-order valence-corrected chi connectivity index (χ3v) is 4.83. The highest BCUT2D eigenvalue weighted by molar-refractivity contribution is 6.32. The van der Waals surface area contributed by atoms with Gasteiger partial charge in [0.1, 0.15) is 11.2 Å². The summed E-state index contributed by atoms with van der Waals surface area (Å²) >= 11 is 5.92. The number of para-hydroxylation sites is 1. The zero-order valence-corrected chi connectivity index (χ0v) is 14.7. The minimum atomic E-state index is -0.516. The van der Waals surface area contributed by atoms with Gasteiger partial charge < -0.3 is 10.2 Å². The van der Waals surface area contributed by atoms with Crippen molar-refractivity contribution in [3.05, 3.63) is 68.7 Å². The SMILES string of the molecule is CC[C@@H](C)N1C(=O)c2ccccc2N[C@H]1c1ccc(Cl)c([N+](=O)[O-])c1. The Balaban J connectivity index is 2.11. The van der Waals surface area contributed by atoms with E-state index in [9.17, 15) is 14.9 Å². The maximum absolute atomic E-state index is 13.0. The predicted octanol–water partition coefficient (Wildman–Crippen LogP) is 4.61. The average molecular weight is 360 g/mol. The second-order valence-electron chi connectivity index (χ2n) is 6.03. The molecular weight excluding hydrogens is 342 g/mol. The molecule has 0 saturated heterocycles. The molecular formula is C18H18ClN3O3. The second-order valence-corrected chi connectivity index (χ2v) is 6.44. The number of carbonyl (C=O) groups is 1. The van der Waals surface area contributed by atoms with Gasteiger partial charge in [-0.2, -0.15) is 0 Å². The molecule has 7 heteroatoms. The summed E-state index contributed by atoms with van der Waals surface area (Å²) in [5.41, 5.74) is 1.77. The third-order valence-electron chi connectivity index (χ3n) is 4.51. The van der Waals surface area contributed by atoms with Crippen molar-refractivity contribution in [2.24, 2.45) is 0 Å². The van der Waals surface area contributed by atoms with Crippen molar-refractivity contribution in [1.82, 2.24) is 4.90 Å². The average Bonchev–Trinajstić information content (AvgIpc) is 2.61. The first-order valence-corrected chi connectivity index (χ1v) is 8.44. The number of carbonyl (C=O) groups excluding carboxylic acids is 1. The number of fused-ring (bicyclic) bond motifs is 1.